The maximum atomic E-state index is 12.1. The summed E-state index contributed by atoms with van der Waals surface area (Å²) in [5, 5.41) is 7.59. The Morgan fingerprint density at radius 2 is 2.47 bits per heavy atom. The zero-order valence-corrected chi connectivity index (χ0v) is 10.0. The van der Waals surface area contributed by atoms with E-state index < -0.39 is 0 Å². The lowest BCUT2D eigenvalue weighted by atomic mass is 9.96. The van der Waals surface area contributed by atoms with Crippen LogP contribution < -0.4 is 0 Å². The average molecular weight is 274 g/mol. The van der Waals surface area contributed by atoms with Crippen molar-refractivity contribution in [3.05, 3.63) is 10.3 Å². The molecule has 0 radical (unpaired) electrons. The standard InChI is InChI=1S/C9H12BrN3O2/c1-13-7(9(10)11-12-13)8(14)6-3-2-4-15-5-6/h6H,2-5H2,1H3. The number of hydrogen-bond acceptors (Lipinski definition) is 4. The first-order chi connectivity index (χ1) is 7.20. The van der Waals surface area contributed by atoms with E-state index in [1.165, 1.54) is 4.68 Å². The second-order valence-corrected chi connectivity index (χ2v) is 4.38. The quantitative estimate of drug-likeness (QED) is 0.760. The fourth-order valence-corrected chi connectivity index (χ4v) is 2.26. The smallest absolute Gasteiger partial charge is 0.189 e. The minimum Gasteiger partial charge on any atom is -0.381 e. The van der Waals surface area contributed by atoms with Gasteiger partial charge in [0.15, 0.2) is 10.4 Å². The number of Topliss-reactive ketones (excluding diaryl/α,β-unsaturated/α-hetero) is 1. The van der Waals surface area contributed by atoms with E-state index >= 15 is 0 Å². The number of hydrogen-bond donors (Lipinski definition) is 0. The zero-order valence-electron chi connectivity index (χ0n) is 8.44. The highest BCUT2D eigenvalue weighted by Gasteiger charge is 2.27. The molecule has 82 valence electrons. The normalized spacial score (nSPS) is 21.6. The molecule has 0 spiro atoms. The Bertz CT molecular complexity index is 352. The van der Waals surface area contributed by atoms with E-state index in [0.29, 0.717) is 16.9 Å². The van der Waals surface area contributed by atoms with Crippen LogP contribution in [0.25, 0.3) is 0 Å². The first kappa shape index (κ1) is 10.8. The Morgan fingerprint density at radius 1 is 1.67 bits per heavy atom. The molecule has 1 atom stereocenters. The Morgan fingerprint density at radius 3 is 3.00 bits per heavy atom. The third kappa shape index (κ3) is 2.10. The van der Waals surface area contributed by atoms with E-state index in [1.54, 1.807) is 7.05 Å². The van der Waals surface area contributed by atoms with Crippen LogP contribution in [0.2, 0.25) is 0 Å². The molecule has 0 aromatic carbocycles. The first-order valence-corrected chi connectivity index (χ1v) is 5.66. The highest BCUT2D eigenvalue weighted by Crippen LogP contribution is 2.22. The molecule has 1 unspecified atom stereocenters. The second kappa shape index (κ2) is 4.40. The van der Waals surface area contributed by atoms with Crippen molar-refractivity contribution < 1.29 is 9.53 Å². The molecular formula is C9H12BrN3O2. The molecule has 6 heteroatoms. The predicted molar refractivity (Wildman–Crippen MR) is 56.6 cm³/mol. The lowest BCUT2D eigenvalue weighted by Gasteiger charge is -2.20. The average Bonchev–Trinajstić information content (AvgIpc) is 2.59. The molecule has 1 aliphatic heterocycles. The monoisotopic (exact) mass is 273 g/mol. The first-order valence-electron chi connectivity index (χ1n) is 4.87. The minimum atomic E-state index is -0.0488. The molecule has 0 aliphatic carbocycles. The highest BCUT2D eigenvalue weighted by atomic mass is 79.9. The maximum Gasteiger partial charge on any atom is 0.189 e. The number of ketones is 1. The molecule has 0 amide bonds. The molecule has 2 rings (SSSR count). The summed E-state index contributed by atoms with van der Waals surface area (Å²) in [4.78, 5) is 12.1. The van der Waals surface area contributed by atoms with Crippen LogP contribution in [-0.2, 0) is 11.8 Å². The van der Waals surface area contributed by atoms with Crippen LogP contribution >= 0.6 is 15.9 Å². The van der Waals surface area contributed by atoms with E-state index in [0.717, 1.165) is 19.4 Å². The van der Waals surface area contributed by atoms with Gasteiger partial charge in [-0.1, -0.05) is 5.21 Å². The molecule has 15 heavy (non-hydrogen) atoms. The Kier molecular flexibility index (Phi) is 3.16. The SMILES string of the molecule is Cn1nnc(Br)c1C(=O)C1CCCOC1. The molecule has 1 aromatic rings. The number of nitrogens with zero attached hydrogens (tertiary/aromatic N) is 3. The molecular weight excluding hydrogens is 262 g/mol. The van der Waals surface area contributed by atoms with Gasteiger partial charge in [0.2, 0.25) is 0 Å². The number of aryl methyl sites for hydroxylation is 1. The number of carbonyl (C=O) groups is 1. The van der Waals surface area contributed by atoms with Gasteiger partial charge in [-0.05, 0) is 28.8 Å². The van der Waals surface area contributed by atoms with Gasteiger partial charge in [0.1, 0.15) is 5.69 Å². The van der Waals surface area contributed by atoms with Crippen LogP contribution in [-0.4, -0.2) is 34.0 Å². The van der Waals surface area contributed by atoms with Crippen LogP contribution in [0.3, 0.4) is 0 Å². The Labute approximate surface area is 95.9 Å². The van der Waals surface area contributed by atoms with Crippen LogP contribution in [0.4, 0.5) is 0 Å². The predicted octanol–water partition coefficient (Wildman–Crippen LogP) is 1.19. The van der Waals surface area contributed by atoms with Gasteiger partial charge in [-0.2, -0.15) is 0 Å². The van der Waals surface area contributed by atoms with E-state index in [4.69, 9.17) is 4.74 Å². The molecule has 5 nitrogen and oxygen atoms in total. The van der Waals surface area contributed by atoms with E-state index in [1.807, 2.05) is 0 Å². The van der Waals surface area contributed by atoms with Gasteiger partial charge in [0.25, 0.3) is 0 Å². The fourth-order valence-electron chi connectivity index (χ4n) is 1.73. The summed E-state index contributed by atoms with van der Waals surface area (Å²) in [7, 11) is 1.72. The summed E-state index contributed by atoms with van der Waals surface area (Å²) >= 11 is 3.23. The van der Waals surface area contributed by atoms with Gasteiger partial charge in [0, 0.05) is 19.6 Å². The number of carbonyl (C=O) groups excluding carboxylic acids is 1. The topological polar surface area (TPSA) is 57.0 Å². The van der Waals surface area contributed by atoms with Crippen LogP contribution in [0.15, 0.2) is 4.60 Å². The van der Waals surface area contributed by atoms with Crippen molar-refractivity contribution in [3.63, 3.8) is 0 Å². The van der Waals surface area contributed by atoms with E-state index in [9.17, 15) is 4.79 Å². The third-order valence-electron chi connectivity index (χ3n) is 2.55. The van der Waals surface area contributed by atoms with Crippen molar-refractivity contribution in [2.45, 2.75) is 12.8 Å². The van der Waals surface area contributed by atoms with Crippen LogP contribution in [0.5, 0.6) is 0 Å². The Balaban J connectivity index is 2.19. The van der Waals surface area contributed by atoms with Crippen molar-refractivity contribution in [1.82, 2.24) is 15.0 Å². The van der Waals surface area contributed by atoms with Crippen molar-refractivity contribution in [1.29, 1.82) is 0 Å². The largest absolute Gasteiger partial charge is 0.381 e. The van der Waals surface area contributed by atoms with Gasteiger partial charge in [-0.3, -0.25) is 4.79 Å². The number of aromatic nitrogens is 3. The van der Waals surface area contributed by atoms with E-state index in [-0.39, 0.29) is 11.7 Å². The number of rotatable bonds is 2. The molecule has 1 aromatic heterocycles. The summed E-state index contributed by atoms with van der Waals surface area (Å²) < 4.78 is 7.31. The molecule has 1 fully saturated rings. The summed E-state index contributed by atoms with van der Waals surface area (Å²) in [6.45, 7) is 1.27. The summed E-state index contributed by atoms with van der Waals surface area (Å²) in [5.74, 6) is 0.0151. The molecule has 0 N–H and O–H groups in total. The van der Waals surface area contributed by atoms with E-state index in [2.05, 4.69) is 26.2 Å². The van der Waals surface area contributed by atoms with Crippen molar-refractivity contribution in [2.24, 2.45) is 13.0 Å². The number of ether oxygens (including phenoxy) is 1. The van der Waals surface area contributed by atoms with Gasteiger partial charge < -0.3 is 4.74 Å². The maximum absolute atomic E-state index is 12.1. The second-order valence-electron chi connectivity index (χ2n) is 3.63. The van der Waals surface area contributed by atoms with Gasteiger partial charge in [-0.25, -0.2) is 4.68 Å². The van der Waals surface area contributed by atoms with Crippen LogP contribution in [0.1, 0.15) is 23.3 Å². The Hall–Kier alpha value is -0.750. The lowest BCUT2D eigenvalue weighted by Crippen LogP contribution is -2.27. The van der Waals surface area contributed by atoms with Gasteiger partial charge >= 0.3 is 0 Å². The minimum absolute atomic E-state index is 0.0488. The summed E-state index contributed by atoms with van der Waals surface area (Å²) in [5.41, 5.74) is 0.533. The van der Waals surface area contributed by atoms with Crippen molar-refractivity contribution in [2.75, 3.05) is 13.2 Å². The van der Waals surface area contributed by atoms with Crippen molar-refractivity contribution in [3.8, 4) is 0 Å². The highest BCUT2D eigenvalue weighted by molar-refractivity contribution is 9.10. The van der Waals surface area contributed by atoms with Gasteiger partial charge in [0.05, 0.1) is 6.61 Å². The summed E-state index contributed by atoms with van der Waals surface area (Å²) in [6, 6.07) is 0. The fraction of sp³-hybridized carbons (Fsp3) is 0.667. The third-order valence-corrected chi connectivity index (χ3v) is 3.08. The van der Waals surface area contributed by atoms with Gasteiger partial charge in [-0.15, -0.1) is 5.10 Å². The molecule has 0 bridgehead atoms. The molecule has 1 aliphatic rings. The molecule has 1 saturated heterocycles. The zero-order chi connectivity index (χ0) is 10.8. The summed E-state index contributed by atoms with van der Waals surface area (Å²) in [6.07, 6.45) is 1.83. The lowest BCUT2D eigenvalue weighted by molar-refractivity contribution is 0.0454. The van der Waals surface area contributed by atoms with Crippen molar-refractivity contribution >= 4 is 21.7 Å². The van der Waals surface area contributed by atoms with Crippen LogP contribution in [0, 0.1) is 5.92 Å². The molecule has 0 saturated carbocycles. The number of halogens is 1. The molecule has 2 heterocycles.